The largest absolute Gasteiger partial charge is 0.352 e. The van der Waals surface area contributed by atoms with Gasteiger partial charge in [0.05, 0.1) is 11.9 Å². The van der Waals surface area contributed by atoms with Gasteiger partial charge in [0, 0.05) is 12.6 Å². The lowest BCUT2D eigenvalue weighted by Gasteiger charge is -2.32. The van der Waals surface area contributed by atoms with E-state index >= 15 is 0 Å². The van der Waals surface area contributed by atoms with E-state index in [1.54, 1.807) is 37.3 Å². The highest BCUT2D eigenvalue weighted by atomic mass is 32.2. The third-order valence-corrected chi connectivity index (χ3v) is 6.30. The predicted octanol–water partition coefficient (Wildman–Crippen LogP) is 2.92. The van der Waals surface area contributed by atoms with Crippen LogP contribution in [0.1, 0.15) is 32.8 Å². The van der Waals surface area contributed by atoms with Crippen LogP contribution in [0.2, 0.25) is 0 Å². The van der Waals surface area contributed by atoms with E-state index in [0.29, 0.717) is 11.3 Å². The summed E-state index contributed by atoms with van der Waals surface area (Å²) in [6.07, 6.45) is 1.75. The fourth-order valence-corrected chi connectivity index (χ4v) is 3.89. The zero-order valence-electron chi connectivity index (χ0n) is 18.8. The summed E-state index contributed by atoms with van der Waals surface area (Å²) < 4.78 is 39.1. The molecule has 174 valence electrons. The number of halogens is 1. The lowest BCUT2D eigenvalue weighted by Crippen LogP contribution is -2.52. The number of nitrogens with zero attached hydrogens (tertiary/aromatic N) is 2. The number of carbonyl (C=O) groups excluding carboxylic acids is 2. The lowest BCUT2D eigenvalue weighted by molar-refractivity contribution is -0.139. The van der Waals surface area contributed by atoms with E-state index in [0.717, 1.165) is 17.0 Å². The molecule has 0 saturated heterocycles. The number of rotatable bonds is 10. The maximum absolute atomic E-state index is 13.3. The van der Waals surface area contributed by atoms with Gasteiger partial charge in [-0.3, -0.25) is 13.9 Å². The monoisotopic (exact) mass is 463 g/mol. The summed E-state index contributed by atoms with van der Waals surface area (Å²) in [5, 5.41) is 2.85. The first-order valence-corrected chi connectivity index (χ1v) is 12.2. The average Bonchev–Trinajstić information content (AvgIpc) is 2.76. The molecule has 0 aromatic heterocycles. The Hall–Kier alpha value is -2.94. The molecule has 0 aliphatic carbocycles. The number of benzene rings is 2. The Morgan fingerprint density at radius 2 is 1.62 bits per heavy atom. The Balaban J connectivity index is 2.34. The van der Waals surface area contributed by atoms with Gasteiger partial charge in [-0.25, -0.2) is 12.8 Å². The van der Waals surface area contributed by atoms with Gasteiger partial charge in [0.2, 0.25) is 21.8 Å². The smallest absolute Gasteiger partial charge is 0.244 e. The van der Waals surface area contributed by atoms with Gasteiger partial charge in [0.15, 0.2) is 0 Å². The molecule has 1 N–H and O–H groups in total. The SMILES string of the molecule is CC[C@@H](C)NC(=O)[C@H](C)N(Cc1ccc(F)cc1)C(=O)CN(c1ccccc1)S(C)(=O)=O. The van der Waals surface area contributed by atoms with Crippen molar-refractivity contribution in [3.05, 3.63) is 66.0 Å². The van der Waals surface area contributed by atoms with Crippen LogP contribution in [0.25, 0.3) is 0 Å². The second kappa shape index (κ2) is 11.1. The van der Waals surface area contributed by atoms with Crippen LogP contribution in [0.15, 0.2) is 54.6 Å². The molecule has 0 unspecified atom stereocenters. The molecule has 2 aromatic rings. The van der Waals surface area contributed by atoms with Crippen molar-refractivity contribution in [2.75, 3.05) is 17.1 Å². The minimum Gasteiger partial charge on any atom is -0.352 e. The van der Waals surface area contributed by atoms with Gasteiger partial charge in [0.1, 0.15) is 18.4 Å². The topological polar surface area (TPSA) is 86.8 Å². The van der Waals surface area contributed by atoms with Crippen LogP contribution in [0.5, 0.6) is 0 Å². The van der Waals surface area contributed by atoms with Crippen LogP contribution in [-0.4, -0.2) is 50.0 Å². The number of hydrogen-bond donors (Lipinski definition) is 1. The van der Waals surface area contributed by atoms with Gasteiger partial charge in [0.25, 0.3) is 0 Å². The lowest BCUT2D eigenvalue weighted by atomic mass is 10.1. The molecule has 7 nitrogen and oxygen atoms in total. The van der Waals surface area contributed by atoms with Gasteiger partial charge < -0.3 is 10.2 Å². The van der Waals surface area contributed by atoms with Crippen molar-refractivity contribution in [3.8, 4) is 0 Å². The van der Waals surface area contributed by atoms with E-state index in [1.807, 2.05) is 13.8 Å². The molecule has 0 aliphatic heterocycles. The first-order valence-electron chi connectivity index (χ1n) is 10.4. The Bertz CT molecular complexity index is 1010. The van der Waals surface area contributed by atoms with Crippen molar-refractivity contribution in [2.24, 2.45) is 0 Å². The van der Waals surface area contributed by atoms with E-state index in [9.17, 15) is 22.4 Å². The second-order valence-corrected chi connectivity index (χ2v) is 9.65. The fraction of sp³-hybridized carbons (Fsp3) is 0.391. The number of hydrogen-bond acceptors (Lipinski definition) is 4. The molecule has 0 radical (unpaired) electrons. The van der Waals surface area contributed by atoms with Crippen molar-refractivity contribution < 1.29 is 22.4 Å². The Morgan fingerprint density at radius 1 is 1.03 bits per heavy atom. The summed E-state index contributed by atoms with van der Waals surface area (Å²) in [5.74, 6) is -1.31. The molecule has 0 spiro atoms. The van der Waals surface area contributed by atoms with E-state index in [-0.39, 0.29) is 18.5 Å². The van der Waals surface area contributed by atoms with Crippen molar-refractivity contribution in [3.63, 3.8) is 0 Å². The molecular weight excluding hydrogens is 433 g/mol. The molecule has 2 rings (SSSR count). The van der Waals surface area contributed by atoms with Gasteiger partial charge >= 0.3 is 0 Å². The highest BCUT2D eigenvalue weighted by molar-refractivity contribution is 7.92. The van der Waals surface area contributed by atoms with E-state index in [2.05, 4.69) is 5.32 Å². The zero-order chi connectivity index (χ0) is 23.9. The first kappa shape index (κ1) is 25.3. The summed E-state index contributed by atoms with van der Waals surface area (Å²) in [7, 11) is -3.76. The molecule has 0 fully saturated rings. The average molecular weight is 464 g/mol. The molecule has 0 saturated carbocycles. The number of sulfonamides is 1. The van der Waals surface area contributed by atoms with Crippen molar-refractivity contribution in [2.45, 2.75) is 45.8 Å². The quantitative estimate of drug-likeness (QED) is 0.587. The first-order chi connectivity index (χ1) is 15.0. The van der Waals surface area contributed by atoms with Gasteiger partial charge in [-0.1, -0.05) is 37.3 Å². The molecule has 2 atom stereocenters. The highest BCUT2D eigenvalue weighted by Crippen LogP contribution is 2.18. The van der Waals surface area contributed by atoms with Gasteiger partial charge in [-0.2, -0.15) is 0 Å². The van der Waals surface area contributed by atoms with Crippen LogP contribution in [0.4, 0.5) is 10.1 Å². The van der Waals surface area contributed by atoms with Gasteiger partial charge in [-0.05, 0) is 50.1 Å². The van der Waals surface area contributed by atoms with E-state index < -0.39 is 34.3 Å². The fourth-order valence-electron chi connectivity index (χ4n) is 3.04. The number of para-hydroxylation sites is 1. The highest BCUT2D eigenvalue weighted by Gasteiger charge is 2.30. The summed E-state index contributed by atoms with van der Waals surface area (Å²) in [6, 6.07) is 12.9. The van der Waals surface area contributed by atoms with Crippen molar-refractivity contribution in [1.29, 1.82) is 0 Å². The normalized spacial score (nSPS) is 13.2. The molecule has 32 heavy (non-hydrogen) atoms. The van der Waals surface area contributed by atoms with Crippen LogP contribution in [0, 0.1) is 5.82 Å². The van der Waals surface area contributed by atoms with Crippen LogP contribution >= 0.6 is 0 Å². The molecule has 9 heteroatoms. The van der Waals surface area contributed by atoms with Crippen LogP contribution in [0.3, 0.4) is 0 Å². The maximum atomic E-state index is 13.3. The van der Waals surface area contributed by atoms with Gasteiger partial charge in [-0.15, -0.1) is 0 Å². The predicted molar refractivity (Wildman–Crippen MR) is 123 cm³/mol. The Kier molecular flexibility index (Phi) is 8.77. The maximum Gasteiger partial charge on any atom is 0.244 e. The number of carbonyl (C=O) groups is 2. The van der Waals surface area contributed by atoms with Crippen molar-refractivity contribution >= 4 is 27.5 Å². The third kappa shape index (κ3) is 7.05. The molecule has 0 bridgehead atoms. The van der Waals surface area contributed by atoms with Crippen molar-refractivity contribution in [1.82, 2.24) is 10.2 Å². The van der Waals surface area contributed by atoms with Crippen LogP contribution in [-0.2, 0) is 26.2 Å². The Morgan fingerprint density at radius 3 is 2.16 bits per heavy atom. The molecule has 0 aliphatic rings. The summed E-state index contributed by atoms with van der Waals surface area (Å²) in [5.41, 5.74) is 0.968. The standard InChI is InChI=1S/C23H30FN3O4S/c1-5-17(2)25-23(29)18(3)26(15-19-11-13-20(24)14-12-19)22(28)16-27(32(4,30)31)21-9-7-6-8-10-21/h6-14,17-18H,5,15-16H2,1-4H3,(H,25,29)/t17-,18+/m1/s1. The third-order valence-electron chi connectivity index (χ3n) is 5.16. The summed E-state index contributed by atoms with van der Waals surface area (Å²) in [6.45, 7) is 4.94. The number of anilines is 1. The molecule has 2 amide bonds. The minimum absolute atomic E-state index is 0.0284. The molecule has 0 heterocycles. The molecule has 2 aromatic carbocycles. The van der Waals surface area contributed by atoms with Crippen LogP contribution < -0.4 is 9.62 Å². The second-order valence-electron chi connectivity index (χ2n) is 7.75. The minimum atomic E-state index is -3.76. The summed E-state index contributed by atoms with van der Waals surface area (Å²) >= 11 is 0. The van der Waals surface area contributed by atoms with E-state index in [4.69, 9.17) is 0 Å². The number of amides is 2. The Labute approximate surface area is 189 Å². The number of nitrogens with one attached hydrogen (secondary N) is 1. The summed E-state index contributed by atoms with van der Waals surface area (Å²) in [4.78, 5) is 27.4. The molecular formula is C23H30FN3O4S. The zero-order valence-corrected chi connectivity index (χ0v) is 19.6. The van der Waals surface area contributed by atoms with E-state index in [1.165, 1.54) is 29.2 Å².